The monoisotopic (exact) mass is 461 g/mol. The van der Waals surface area contributed by atoms with Gasteiger partial charge in [0.1, 0.15) is 6.04 Å². The number of rotatable bonds is 5. The molecule has 6 rings (SSSR count). The van der Waals surface area contributed by atoms with Gasteiger partial charge in [-0.1, -0.05) is 32.3 Å². The molecule has 3 aliphatic rings. The molecule has 3 fully saturated rings. The number of H-pyrrole nitrogens is 1. The van der Waals surface area contributed by atoms with Crippen molar-refractivity contribution in [1.29, 1.82) is 0 Å². The Kier molecular flexibility index (Phi) is 5.95. The largest absolute Gasteiger partial charge is 0.322 e. The number of aromatic amines is 1. The highest BCUT2D eigenvalue weighted by Crippen LogP contribution is 2.35. The van der Waals surface area contributed by atoms with Crippen molar-refractivity contribution in [3.63, 3.8) is 0 Å². The molecular formula is C26H35N7O. The summed E-state index contributed by atoms with van der Waals surface area (Å²) >= 11 is 0. The molecule has 1 saturated carbocycles. The standard InChI is InChI=1S/C26H35N7O/c1-2-18-10-11-23-19(15-18)16-22(26(34)27-23)24(32-14-13-31-12-6-9-21(31)17-32)25-28-29-30-33(25)20-7-4-3-5-8-20/h10-11,15-16,20-21,24H,2-9,12-14,17H2,1H3,(H,27,34). The molecule has 8 heteroatoms. The second-order valence-corrected chi connectivity index (χ2v) is 10.3. The van der Waals surface area contributed by atoms with E-state index in [1.807, 2.05) is 6.07 Å². The molecule has 2 saturated heterocycles. The van der Waals surface area contributed by atoms with Crippen LogP contribution in [-0.2, 0) is 6.42 Å². The minimum Gasteiger partial charge on any atom is -0.322 e. The van der Waals surface area contributed by atoms with Crippen LogP contribution in [0.2, 0.25) is 0 Å². The molecule has 2 unspecified atom stereocenters. The highest BCUT2D eigenvalue weighted by Gasteiger charge is 2.38. The van der Waals surface area contributed by atoms with Crippen molar-refractivity contribution in [2.75, 3.05) is 26.2 Å². The van der Waals surface area contributed by atoms with Crippen LogP contribution in [0.25, 0.3) is 10.9 Å². The second kappa shape index (κ2) is 9.23. The van der Waals surface area contributed by atoms with Gasteiger partial charge in [0.25, 0.3) is 5.56 Å². The van der Waals surface area contributed by atoms with Crippen LogP contribution in [0, 0.1) is 0 Å². The Balaban J connectivity index is 1.46. The molecule has 2 aliphatic heterocycles. The Morgan fingerprint density at radius 3 is 2.74 bits per heavy atom. The number of hydrogen-bond donors (Lipinski definition) is 1. The number of tetrazole rings is 1. The van der Waals surface area contributed by atoms with Gasteiger partial charge >= 0.3 is 0 Å². The van der Waals surface area contributed by atoms with Gasteiger partial charge in [0.05, 0.1) is 6.04 Å². The molecule has 2 aromatic heterocycles. The smallest absolute Gasteiger partial charge is 0.253 e. The van der Waals surface area contributed by atoms with E-state index in [1.165, 1.54) is 44.2 Å². The summed E-state index contributed by atoms with van der Waals surface area (Å²) in [6.07, 6.45) is 9.38. The van der Waals surface area contributed by atoms with E-state index in [0.29, 0.717) is 12.1 Å². The minimum absolute atomic E-state index is 0.0335. The number of piperazine rings is 1. The van der Waals surface area contributed by atoms with Crippen molar-refractivity contribution in [3.05, 3.63) is 51.6 Å². The number of nitrogens with one attached hydrogen (secondary N) is 1. The Morgan fingerprint density at radius 1 is 1.03 bits per heavy atom. The summed E-state index contributed by atoms with van der Waals surface area (Å²) < 4.78 is 2.05. The van der Waals surface area contributed by atoms with Crippen molar-refractivity contribution in [1.82, 2.24) is 35.0 Å². The summed E-state index contributed by atoms with van der Waals surface area (Å²) in [5.74, 6) is 0.829. The van der Waals surface area contributed by atoms with Gasteiger partial charge in [-0.25, -0.2) is 4.68 Å². The van der Waals surface area contributed by atoms with Crippen molar-refractivity contribution >= 4 is 10.9 Å². The summed E-state index contributed by atoms with van der Waals surface area (Å²) in [6.45, 7) is 6.27. The topological polar surface area (TPSA) is 82.9 Å². The molecule has 0 radical (unpaired) electrons. The van der Waals surface area contributed by atoms with Crippen LogP contribution < -0.4 is 5.56 Å². The lowest BCUT2D eigenvalue weighted by Gasteiger charge is -2.41. The molecule has 0 bridgehead atoms. The van der Waals surface area contributed by atoms with Gasteiger partial charge in [0.2, 0.25) is 0 Å². The van der Waals surface area contributed by atoms with Gasteiger partial charge in [0, 0.05) is 36.8 Å². The lowest BCUT2D eigenvalue weighted by Crippen LogP contribution is -2.52. The van der Waals surface area contributed by atoms with Crippen LogP contribution in [0.5, 0.6) is 0 Å². The number of aromatic nitrogens is 5. The average Bonchev–Trinajstić information content (AvgIpc) is 3.54. The first-order valence-electron chi connectivity index (χ1n) is 13.1. The average molecular weight is 462 g/mol. The predicted octanol–water partition coefficient (Wildman–Crippen LogP) is 3.45. The van der Waals surface area contributed by atoms with E-state index >= 15 is 0 Å². The Hall–Kier alpha value is -2.58. The number of aryl methyl sites for hydroxylation is 1. The molecule has 1 aromatic carbocycles. The summed E-state index contributed by atoms with van der Waals surface area (Å²) in [6, 6.07) is 9.06. The molecule has 8 nitrogen and oxygen atoms in total. The zero-order chi connectivity index (χ0) is 23.1. The van der Waals surface area contributed by atoms with E-state index in [-0.39, 0.29) is 11.6 Å². The van der Waals surface area contributed by atoms with Gasteiger partial charge in [-0.05, 0) is 78.2 Å². The normalized spacial score (nSPS) is 23.4. The van der Waals surface area contributed by atoms with E-state index in [4.69, 9.17) is 0 Å². The molecule has 1 N–H and O–H groups in total. The van der Waals surface area contributed by atoms with Gasteiger partial charge in [0.15, 0.2) is 5.82 Å². The fourth-order valence-electron chi connectivity index (χ4n) is 6.41. The van der Waals surface area contributed by atoms with Gasteiger partial charge in [-0.3, -0.25) is 14.6 Å². The van der Waals surface area contributed by atoms with Crippen LogP contribution in [0.15, 0.2) is 29.1 Å². The number of benzene rings is 1. The third-order valence-corrected chi connectivity index (χ3v) is 8.31. The van der Waals surface area contributed by atoms with E-state index in [9.17, 15) is 4.79 Å². The summed E-state index contributed by atoms with van der Waals surface area (Å²) in [5, 5.41) is 14.3. The van der Waals surface area contributed by atoms with Crippen molar-refractivity contribution in [2.45, 2.75) is 76.4 Å². The number of pyridine rings is 1. The van der Waals surface area contributed by atoms with Crippen LogP contribution >= 0.6 is 0 Å². The van der Waals surface area contributed by atoms with Crippen LogP contribution in [-0.4, -0.2) is 67.2 Å². The maximum absolute atomic E-state index is 13.5. The molecule has 34 heavy (non-hydrogen) atoms. The van der Waals surface area contributed by atoms with E-state index in [0.717, 1.165) is 61.2 Å². The first kappa shape index (κ1) is 21.9. The lowest BCUT2D eigenvalue weighted by atomic mass is 9.94. The first-order chi connectivity index (χ1) is 16.7. The molecule has 180 valence electrons. The van der Waals surface area contributed by atoms with Crippen molar-refractivity contribution in [3.8, 4) is 0 Å². The fraction of sp³-hybridized carbons (Fsp3) is 0.615. The molecular weight excluding hydrogens is 426 g/mol. The van der Waals surface area contributed by atoms with Crippen molar-refractivity contribution < 1.29 is 0 Å². The van der Waals surface area contributed by atoms with E-state index in [1.54, 1.807) is 0 Å². The predicted molar refractivity (Wildman–Crippen MR) is 132 cm³/mol. The minimum atomic E-state index is -0.238. The molecule has 3 aromatic rings. The summed E-state index contributed by atoms with van der Waals surface area (Å²) in [7, 11) is 0. The maximum Gasteiger partial charge on any atom is 0.253 e. The quantitative estimate of drug-likeness (QED) is 0.627. The zero-order valence-electron chi connectivity index (χ0n) is 20.1. The van der Waals surface area contributed by atoms with Gasteiger partial charge < -0.3 is 4.98 Å². The second-order valence-electron chi connectivity index (χ2n) is 10.3. The van der Waals surface area contributed by atoms with Gasteiger partial charge in [-0.15, -0.1) is 5.10 Å². The highest BCUT2D eigenvalue weighted by molar-refractivity contribution is 5.80. The fourth-order valence-corrected chi connectivity index (χ4v) is 6.41. The first-order valence-corrected chi connectivity index (χ1v) is 13.1. The summed E-state index contributed by atoms with van der Waals surface area (Å²) in [5.41, 5.74) is 2.89. The van der Waals surface area contributed by atoms with Crippen LogP contribution in [0.4, 0.5) is 0 Å². The molecule has 0 amide bonds. The highest BCUT2D eigenvalue weighted by atomic mass is 16.1. The Morgan fingerprint density at radius 2 is 1.88 bits per heavy atom. The third-order valence-electron chi connectivity index (χ3n) is 8.31. The Labute approximate surface area is 200 Å². The van der Waals surface area contributed by atoms with Crippen molar-refractivity contribution in [2.24, 2.45) is 0 Å². The maximum atomic E-state index is 13.5. The number of fused-ring (bicyclic) bond motifs is 2. The molecule has 4 heterocycles. The van der Waals surface area contributed by atoms with Gasteiger partial charge in [-0.2, -0.15) is 0 Å². The molecule has 0 spiro atoms. The van der Waals surface area contributed by atoms with E-state index in [2.05, 4.69) is 60.1 Å². The van der Waals surface area contributed by atoms with E-state index < -0.39 is 0 Å². The lowest BCUT2D eigenvalue weighted by molar-refractivity contribution is 0.0778. The van der Waals surface area contributed by atoms with Crippen LogP contribution in [0.3, 0.4) is 0 Å². The SMILES string of the molecule is CCc1ccc2[nH]c(=O)c(C(c3nnnn3C3CCCCC3)N3CCN4CCCC4C3)cc2c1. The zero-order valence-corrected chi connectivity index (χ0v) is 20.1. The third kappa shape index (κ3) is 3.96. The number of hydrogen-bond acceptors (Lipinski definition) is 6. The Bertz CT molecular complexity index is 1210. The number of nitrogens with zero attached hydrogens (tertiary/aromatic N) is 6. The summed E-state index contributed by atoms with van der Waals surface area (Å²) in [4.78, 5) is 21.8. The molecule has 1 aliphatic carbocycles. The van der Waals surface area contributed by atoms with Crippen LogP contribution in [0.1, 0.15) is 80.9 Å². The molecule has 2 atom stereocenters.